The second-order valence-corrected chi connectivity index (χ2v) is 16.7. The fraction of sp³-hybridized carbons (Fsp3) is 0.350. The largest absolute Gasteiger partial charge is 0.487 e. The Hall–Kier alpha value is -4.00. The molecule has 4 aromatic rings. The lowest BCUT2D eigenvalue weighted by Gasteiger charge is -2.51. The van der Waals surface area contributed by atoms with Crippen molar-refractivity contribution in [3.05, 3.63) is 129 Å². The Balaban J connectivity index is 1.29. The lowest BCUT2D eigenvalue weighted by atomic mass is 9.70. The Bertz CT molecular complexity index is 2080. The molecule has 0 aromatic heterocycles. The molecule has 4 atom stereocenters. The van der Waals surface area contributed by atoms with Crippen LogP contribution in [0.2, 0.25) is 10.0 Å². The number of benzene rings is 4. The Labute approximate surface area is 319 Å². The summed E-state index contributed by atoms with van der Waals surface area (Å²) in [4.78, 5) is 27.9. The van der Waals surface area contributed by atoms with E-state index in [4.69, 9.17) is 32.7 Å². The summed E-state index contributed by atoms with van der Waals surface area (Å²) in [6.07, 6.45) is -0.132. The van der Waals surface area contributed by atoms with E-state index >= 15 is 0 Å². The van der Waals surface area contributed by atoms with Crippen molar-refractivity contribution in [3.8, 4) is 5.75 Å². The molecule has 2 aliphatic heterocycles. The van der Waals surface area contributed by atoms with Crippen molar-refractivity contribution in [1.29, 1.82) is 0 Å². The first-order valence-corrected chi connectivity index (χ1v) is 19.6. The highest BCUT2D eigenvalue weighted by atomic mass is 35.5. The first-order chi connectivity index (χ1) is 25.2. The minimum absolute atomic E-state index is 0.00611. The van der Waals surface area contributed by atoms with E-state index in [1.54, 1.807) is 29.2 Å². The highest BCUT2D eigenvalue weighted by Crippen LogP contribution is 2.53. The van der Waals surface area contributed by atoms with Gasteiger partial charge in [-0.2, -0.15) is 0 Å². The SMILES string of the molecule is CC1(C)Oc2ccc(CCNS(=O)(=O)c3ccc(F)cc3)cc2[C@@H]2O[C@H](Cc3cccc(Cl)c3)[C@H](C(=O)N(CCC(=O)O)Cc3cccc(Cl)c3)C[C@H]21. The highest BCUT2D eigenvalue weighted by Gasteiger charge is 2.52. The summed E-state index contributed by atoms with van der Waals surface area (Å²) in [5.41, 5.74) is 2.58. The minimum Gasteiger partial charge on any atom is -0.487 e. The van der Waals surface area contributed by atoms with E-state index in [9.17, 15) is 27.5 Å². The first kappa shape index (κ1) is 38.7. The molecule has 0 bridgehead atoms. The van der Waals surface area contributed by atoms with Gasteiger partial charge in [0.2, 0.25) is 15.9 Å². The lowest BCUT2D eigenvalue weighted by molar-refractivity contribution is -0.184. The van der Waals surface area contributed by atoms with Crippen molar-refractivity contribution in [2.75, 3.05) is 13.1 Å². The summed E-state index contributed by atoms with van der Waals surface area (Å²) in [5.74, 6) is -2.02. The molecule has 0 aliphatic carbocycles. The van der Waals surface area contributed by atoms with Crippen LogP contribution in [0.5, 0.6) is 5.75 Å². The third-order valence-electron chi connectivity index (χ3n) is 9.93. The van der Waals surface area contributed by atoms with E-state index in [0.29, 0.717) is 35.1 Å². The molecular weight excluding hydrogens is 742 g/mol. The third kappa shape index (κ3) is 9.39. The number of aliphatic carboxylic acids is 1. The molecule has 0 radical (unpaired) electrons. The molecule has 53 heavy (non-hydrogen) atoms. The summed E-state index contributed by atoms with van der Waals surface area (Å²) in [6, 6.07) is 24.9. The van der Waals surface area contributed by atoms with Crippen LogP contribution in [0.25, 0.3) is 0 Å². The number of carbonyl (C=O) groups is 2. The fourth-order valence-electron chi connectivity index (χ4n) is 7.25. The van der Waals surface area contributed by atoms with E-state index in [-0.39, 0.29) is 42.8 Å². The van der Waals surface area contributed by atoms with Gasteiger partial charge in [-0.15, -0.1) is 0 Å². The van der Waals surface area contributed by atoms with Gasteiger partial charge in [0.1, 0.15) is 17.2 Å². The zero-order valence-electron chi connectivity index (χ0n) is 29.3. The zero-order valence-corrected chi connectivity index (χ0v) is 31.6. The molecule has 13 heteroatoms. The van der Waals surface area contributed by atoms with Crippen LogP contribution < -0.4 is 9.46 Å². The van der Waals surface area contributed by atoms with E-state index in [1.807, 2.05) is 56.3 Å². The van der Waals surface area contributed by atoms with Crippen LogP contribution in [0.15, 0.2) is 95.9 Å². The molecule has 0 spiro atoms. The number of sulfonamides is 1. The molecule has 1 fully saturated rings. The van der Waals surface area contributed by atoms with Crippen LogP contribution >= 0.6 is 23.2 Å². The maximum absolute atomic E-state index is 14.6. The highest BCUT2D eigenvalue weighted by molar-refractivity contribution is 7.89. The summed E-state index contributed by atoms with van der Waals surface area (Å²) in [5, 5.41) is 10.6. The van der Waals surface area contributed by atoms with E-state index in [2.05, 4.69) is 4.72 Å². The number of nitrogens with zero attached hydrogens (tertiary/aromatic N) is 1. The molecule has 2 aliphatic rings. The van der Waals surface area contributed by atoms with Crippen molar-refractivity contribution < 1.29 is 37.0 Å². The van der Waals surface area contributed by atoms with Gasteiger partial charge in [-0.1, -0.05) is 53.5 Å². The molecule has 2 heterocycles. The zero-order chi connectivity index (χ0) is 37.9. The van der Waals surface area contributed by atoms with Gasteiger partial charge in [0.15, 0.2) is 0 Å². The standard InChI is InChI=1S/C40H41Cl2FN2O7S/c1-40(2)34-23-33(39(48)45(18-16-37(46)47)24-27-6-4-8-29(42)20-27)36(22-26-5-3-7-28(41)19-26)51-38(34)32-21-25(9-14-35(32)52-40)15-17-44-53(49,50)31-12-10-30(43)11-13-31/h3-14,19-21,33-34,36,38,44H,15-18,22-24H2,1-2H3,(H,46,47)/t33-,34-,36-,38+/m1/s1. The Morgan fingerprint density at radius 2 is 1.62 bits per heavy atom. The van der Waals surface area contributed by atoms with Gasteiger partial charge >= 0.3 is 5.97 Å². The molecule has 0 saturated carbocycles. The number of hydrogen-bond donors (Lipinski definition) is 2. The number of carbonyl (C=O) groups excluding carboxylic acids is 1. The normalized spacial score (nSPS) is 20.5. The fourth-order valence-corrected chi connectivity index (χ4v) is 8.71. The van der Waals surface area contributed by atoms with Gasteiger partial charge in [0.05, 0.1) is 29.4 Å². The van der Waals surface area contributed by atoms with E-state index < -0.39 is 45.5 Å². The second kappa shape index (κ2) is 16.2. The molecule has 9 nitrogen and oxygen atoms in total. The van der Waals surface area contributed by atoms with E-state index in [1.165, 1.54) is 12.1 Å². The number of carboxylic acids is 1. The van der Waals surface area contributed by atoms with Crippen LogP contribution in [0, 0.1) is 17.7 Å². The van der Waals surface area contributed by atoms with Crippen LogP contribution in [0.4, 0.5) is 4.39 Å². The molecule has 280 valence electrons. The number of nitrogens with one attached hydrogen (secondary N) is 1. The lowest BCUT2D eigenvalue weighted by Crippen LogP contribution is -2.54. The van der Waals surface area contributed by atoms with Crippen LogP contribution in [-0.4, -0.2) is 55.1 Å². The molecule has 1 saturated heterocycles. The predicted molar refractivity (Wildman–Crippen MR) is 200 cm³/mol. The number of carboxylic acid groups (broad SMARTS) is 1. The van der Waals surface area contributed by atoms with Gasteiger partial charge in [0, 0.05) is 41.2 Å². The molecule has 4 aromatic carbocycles. The number of halogens is 3. The maximum atomic E-state index is 14.6. The molecular formula is C40H41Cl2FN2O7S. The van der Waals surface area contributed by atoms with E-state index in [0.717, 1.165) is 34.4 Å². The van der Waals surface area contributed by atoms with Gasteiger partial charge in [-0.25, -0.2) is 17.5 Å². The van der Waals surface area contributed by atoms with Crippen molar-refractivity contribution in [2.45, 2.75) is 68.8 Å². The second-order valence-electron chi connectivity index (χ2n) is 14.1. The number of ether oxygens (including phenoxy) is 2. The minimum atomic E-state index is -3.84. The van der Waals surface area contributed by atoms with Gasteiger partial charge in [0.25, 0.3) is 0 Å². The van der Waals surface area contributed by atoms with Gasteiger partial charge in [-0.05, 0) is 110 Å². The number of amides is 1. The maximum Gasteiger partial charge on any atom is 0.305 e. The van der Waals surface area contributed by atoms with Crippen molar-refractivity contribution in [2.24, 2.45) is 11.8 Å². The van der Waals surface area contributed by atoms with Gasteiger partial charge in [-0.3, -0.25) is 9.59 Å². The number of hydrogen-bond acceptors (Lipinski definition) is 6. The molecule has 0 unspecified atom stereocenters. The van der Waals surface area contributed by atoms with Crippen molar-refractivity contribution in [3.63, 3.8) is 0 Å². The Kier molecular flexibility index (Phi) is 11.8. The quantitative estimate of drug-likeness (QED) is 0.143. The monoisotopic (exact) mass is 782 g/mol. The first-order valence-electron chi connectivity index (χ1n) is 17.4. The van der Waals surface area contributed by atoms with Crippen LogP contribution in [0.1, 0.15) is 55.0 Å². The molecule has 2 N–H and O–H groups in total. The smallest absolute Gasteiger partial charge is 0.305 e. The van der Waals surface area contributed by atoms with Gasteiger partial charge < -0.3 is 19.5 Å². The Morgan fingerprint density at radius 1 is 0.943 bits per heavy atom. The molecule has 1 amide bonds. The number of rotatable bonds is 13. The Morgan fingerprint density at radius 3 is 2.30 bits per heavy atom. The summed E-state index contributed by atoms with van der Waals surface area (Å²) >= 11 is 12.6. The van der Waals surface area contributed by atoms with Crippen molar-refractivity contribution in [1.82, 2.24) is 9.62 Å². The van der Waals surface area contributed by atoms with Crippen LogP contribution in [-0.2, 0) is 43.7 Å². The average Bonchev–Trinajstić information content (AvgIpc) is 3.10. The third-order valence-corrected chi connectivity index (χ3v) is 11.9. The summed E-state index contributed by atoms with van der Waals surface area (Å²) in [7, 11) is -3.84. The van der Waals surface area contributed by atoms with Crippen LogP contribution in [0.3, 0.4) is 0 Å². The predicted octanol–water partition coefficient (Wildman–Crippen LogP) is 7.63. The average molecular weight is 784 g/mol. The topological polar surface area (TPSA) is 122 Å². The number of fused-ring (bicyclic) bond motifs is 3. The summed E-state index contributed by atoms with van der Waals surface area (Å²) < 4.78 is 55.1. The van der Waals surface area contributed by atoms with Crippen molar-refractivity contribution >= 4 is 45.1 Å². The molecule has 6 rings (SSSR count). The summed E-state index contributed by atoms with van der Waals surface area (Å²) in [6.45, 7) is 4.24.